The molecule has 0 unspecified atom stereocenters. The molecule has 4 heteroatoms. The number of aldehydes is 1. The Labute approximate surface area is 82.4 Å². The molecule has 1 aromatic rings. The van der Waals surface area contributed by atoms with Gasteiger partial charge < -0.3 is 9.15 Å². The van der Waals surface area contributed by atoms with Crippen LogP contribution in [0.15, 0.2) is 16.5 Å². The van der Waals surface area contributed by atoms with E-state index in [-0.39, 0.29) is 0 Å². The molecule has 0 spiro atoms. The zero-order valence-electron chi connectivity index (χ0n) is 7.94. The van der Waals surface area contributed by atoms with Crippen molar-refractivity contribution in [2.45, 2.75) is 6.54 Å². The van der Waals surface area contributed by atoms with E-state index in [1.54, 1.807) is 6.07 Å². The van der Waals surface area contributed by atoms with Crippen molar-refractivity contribution in [1.82, 2.24) is 4.90 Å². The van der Waals surface area contributed by atoms with Crippen LogP contribution in [-0.4, -0.2) is 37.5 Å². The Hall–Kier alpha value is -1.13. The van der Waals surface area contributed by atoms with Crippen molar-refractivity contribution in [2.75, 3.05) is 26.3 Å². The summed E-state index contributed by atoms with van der Waals surface area (Å²) in [5.74, 6) is 1.24. The standard InChI is InChI=1S/C10H13NO3/c12-8-10-2-1-9(14-10)7-11-3-5-13-6-4-11/h1-2,8H,3-7H2. The third-order valence-electron chi connectivity index (χ3n) is 2.28. The Kier molecular flexibility index (Phi) is 2.96. The van der Waals surface area contributed by atoms with Crippen molar-refractivity contribution >= 4 is 6.29 Å². The highest BCUT2D eigenvalue weighted by Gasteiger charge is 2.12. The Morgan fingerprint density at radius 3 is 2.79 bits per heavy atom. The van der Waals surface area contributed by atoms with Crippen molar-refractivity contribution in [1.29, 1.82) is 0 Å². The summed E-state index contributed by atoms with van der Waals surface area (Å²) in [4.78, 5) is 12.6. The maximum absolute atomic E-state index is 10.4. The van der Waals surface area contributed by atoms with Crippen LogP contribution in [-0.2, 0) is 11.3 Å². The fraction of sp³-hybridized carbons (Fsp3) is 0.500. The molecule has 4 nitrogen and oxygen atoms in total. The molecule has 0 bridgehead atoms. The molecule has 76 valence electrons. The van der Waals surface area contributed by atoms with E-state index < -0.39 is 0 Å². The lowest BCUT2D eigenvalue weighted by atomic mass is 10.3. The molecule has 2 heterocycles. The monoisotopic (exact) mass is 195 g/mol. The first-order valence-electron chi connectivity index (χ1n) is 4.72. The molecule has 1 aromatic heterocycles. The molecular formula is C10H13NO3. The van der Waals surface area contributed by atoms with E-state index in [0.29, 0.717) is 5.76 Å². The van der Waals surface area contributed by atoms with E-state index in [1.165, 1.54) is 0 Å². The van der Waals surface area contributed by atoms with Crippen LogP contribution < -0.4 is 0 Å². The van der Waals surface area contributed by atoms with E-state index in [2.05, 4.69) is 4.90 Å². The number of hydrogen-bond donors (Lipinski definition) is 0. The molecule has 0 saturated carbocycles. The number of morpholine rings is 1. The van der Waals surface area contributed by atoms with Gasteiger partial charge >= 0.3 is 0 Å². The van der Waals surface area contributed by atoms with Gasteiger partial charge in [-0.3, -0.25) is 9.69 Å². The van der Waals surface area contributed by atoms with Gasteiger partial charge in [-0.2, -0.15) is 0 Å². The molecule has 0 aromatic carbocycles. The number of furan rings is 1. The van der Waals surface area contributed by atoms with Gasteiger partial charge in [0.15, 0.2) is 12.0 Å². The minimum absolute atomic E-state index is 0.397. The third-order valence-corrected chi connectivity index (χ3v) is 2.28. The number of rotatable bonds is 3. The lowest BCUT2D eigenvalue weighted by molar-refractivity contribution is 0.0312. The second-order valence-corrected chi connectivity index (χ2v) is 3.31. The maximum atomic E-state index is 10.4. The molecular weight excluding hydrogens is 182 g/mol. The highest BCUT2D eigenvalue weighted by molar-refractivity contribution is 5.70. The van der Waals surface area contributed by atoms with Gasteiger partial charge in [0.05, 0.1) is 19.8 Å². The topological polar surface area (TPSA) is 42.7 Å². The second kappa shape index (κ2) is 4.39. The lowest BCUT2D eigenvalue weighted by Gasteiger charge is -2.25. The number of hydrogen-bond acceptors (Lipinski definition) is 4. The van der Waals surface area contributed by atoms with Crippen LogP contribution in [0.25, 0.3) is 0 Å². The van der Waals surface area contributed by atoms with Crippen molar-refractivity contribution in [3.63, 3.8) is 0 Å². The van der Waals surface area contributed by atoms with Crippen LogP contribution in [0.1, 0.15) is 16.3 Å². The predicted octanol–water partition coefficient (Wildman–Crippen LogP) is 0.924. The Bertz CT molecular complexity index is 302. The van der Waals surface area contributed by atoms with Crippen LogP contribution in [0.4, 0.5) is 0 Å². The van der Waals surface area contributed by atoms with Crippen LogP contribution >= 0.6 is 0 Å². The molecule has 0 N–H and O–H groups in total. The largest absolute Gasteiger partial charge is 0.457 e. The van der Waals surface area contributed by atoms with Gasteiger partial charge in [0.25, 0.3) is 0 Å². The van der Waals surface area contributed by atoms with Gasteiger partial charge in [-0.15, -0.1) is 0 Å². The van der Waals surface area contributed by atoms with E-state index in [4.69, 9.17) is 9.15 Å². The van der Waals surface area contributed by atoms with Gasteiger partial charge in [-0.25, -0.2) is 0 Å². The summed E-state index contributed by atoms with van der Waals surface area (Å²) in [5, 5.41) is 0. The lowest BCUT2D eigenvalue weighted by Crippen LogP contribution is -2.35. The first kappa shape index (κ1) is 9.43. The number of carbonyl (C=O) groups excluding carboxylic acids is 1. The zero-order chi connectivity index (χ0) is 9.80. The minimum Gasteiger partial charge on any atom is -0.457 e. The summed E-state index contributed by atoms with van der Waals surface area (Å²) >= 11 is 0. The number of carbonyl (C=O) groups is 1. The average molecular weight is 195 g/mol. The van der Waals surface area contributed by atoms with E-state index in [0.717, 1.165) is 44.9 Å². The Morgan fingerprint density at radius 1 is 1.36 bits per heavy atom. The third kappa shape index (κ3) is 2.21. The molecule has 0 aliphatic carbocycles. The predicted molar refractivity (Wildman–Crippen MR) is 50.2 cm³/mol. The molecule has 2 rings (SSSR count). The highest BCUT2D eigenvalue weighted by atomic mass is 16.5. The van der Waals surface area contributed by atoms with Crippen molar-refractivity contribution < 1.29 is 13.9 Å². The normalized spacial score (nSPS) is 18.3. The van der Waals surface area contributed by atoms with Crippen molar-refractivity contribution in [2.24, 2.45) is 0 Å². The Morgan fingerprint density at radius 2 is 2.14 bits per heavy atom. The fourth-order valence-corrected chi connectivity index (χ4v) is 1.52. The summed E-state index contributed by atoms with van der Waals surface area (Å²) in [6.45, 7) is 4.17. The smallest absolute Gasteiger partial charge is 0.185 e. The summed E-state index contributed by atoms with van der Waals surface area (Å²) in [6.07, 6.45) is 0.725. The molecule has 0 radical (unpaired) electrons. The summed E-state index contributed by atoms with van der Waals surface area (Å²) in [6, 6.07) is 3.54. The van der Waals surface area contributed by atoms with E-state index in [1.807, 2.05) is 6.07 Å². The van der Waals surface area contributed by atoms with Crippen molar-refractivity contribution in [3.8, 4) is 0 Å². The Balaban J connectivity index is 1.92. The van der Waals surface area contributed by atoms with E-state index >= 15 is 0 Å². The second-order valence-electron chi connectivity index (χ2n) is 3.31. The molecule has 1 aliphatic heterocycles. The zero-order valence-corrected chi connectivity index (χ0v) is 7.94. The summed E-state index contributed by atoms with van der Waals surface area (Å²) in [7, 11) is 0. The fourth-order valence-electron chi connectivity index (χ4n) is 1.52. The minimum atomic E-state index is 0.397. The van der Waals surface area contributed by atoms with Crippen LogP contribution in [0.2, 0.25) is 0 Å². The first-order chi connectivity index (χ1) is 6.88. The average Bonchev–Trinajstić information content (AvgIpc) is 2.67. The molecule has 0 atom stereocenters. The van der Waals surface area contributed by atoms with E-state index in [9.17, 15) is 4.79 Å². The molecule has 0 amide bonds. The SMILES string of the molecule is O=Cc1ccc(CN2CCOCC2)o1. The number of nitrogens with zero attached hydrogens (tertiary/aromatic N) is 1. The molecule has 1 aliphatic rings. The first-order valence-corrected chi connectivity index (χ1v) is 4.72. The molecule has 1 saturated heterocycles. The quantitative estimate of drug-likeness (QED) is 0.673. The van der Waals surface area contributed by atoms with Gasteiger partial charge in [-0.05, 0) is 12.1 Å². The van der Waals surface area contributed by atoms with Crippen LogP contribution in [0, 0.1) is 0 Å². The molecule has 14 heavy (non-hydrogen) atoms. The van der Waals surface area contributed by atoms with Gasteiger partial charge in [0.2, 0.25) is 0 Å². The van der Waals surface area contributed by atoms with Gasteiger partial charge in [-0.1, -0.05) is 0 Å². The molecule has 1 fully saturated rings. The van der Waals surface area contributed by atoms with Gasteiger partial charge in [0.1, 0.15) is 5.76 Å². The maximum Gasteiger partial charge on any atom is 0.185 e. The highest BCUT2D eigenvalue weighted by Crippen LogP contribution is 2.10. The number of ether oxygens (including phenoxy) is 1. The van der Waals surface area contributed by atoms with Crippen molar-refractivity contribution in [3.05, 3.63) is 23.7 Å². The summed E-state index contributed by atoms with van der Waals surface area (Å²) in [5.41, 5.74) is 0. The van der Waals surface area contributed by atoms with Crippen LogP contribution in [0.5, 0.6) is 0 Å². The van der Waals surface area contributed by atoms with Crippen LogP contribution in [0.3, 0.4) is 0 Å². The summed E-state index contributed by atoms with van der Waals surface area (Å²) < 4.78 is 10.5. The van der Waals surface area contributed by atoms with Gasteiger partial charge in [0, 0.05) is 13.1 Å².